The van der Waals surface area contributed by atoms with Gasteiger partial charge in [-0.15, -0.1) is 0 Å². The zero-order valence-corrected chi connectivity index (χ0v) is 15.4. The minimum Gasteiger partial charge on any atom is -0.496 e. The summed E-state index contributed by atoms with van der Waals surface area (Å²) < 4.78 is 5.59. The number of hydrogen-bond acceptors (Lipinski definition) is 3. The van der Waals surface area contributed by atoms with Crippen LogP contribution in [0, 0.1) is 5.92 Å². The average molecular weight is 338 g/mol. The molecule has 0 aliphatic carbocycles. The molecule has 1 saturated heterocycles. The van der Waals surface area contributed by atoms with Gasteiger partial charge in [0, 0.05) is 30.4 Å². The number of nitrogens with two attached hydrogens (primary N) is 1. The molecule has 2 atom stereocenters. The van der Waals surface area contributed by atoms with Crippen molar-refractivity contribution >= 4 is 5.69 Å². The van der Waals surface area contributed by atoms with Gasteiger partial charge >= 0.3 is 0 Å². The lowest BCUT2D eigenvalue weighted by molar-refractivity contribution is 0.330. The number of unbranched alkanes of at least 4 members (excludes halogenated alkanes) is 1. The average Bonchev–Trinajstić information content (AvgIpc) is 2.67. The second-order valence-corrected chi connectivity index (χ2v) is 7.05. The normalized spacial score (nSPS) is 20.5. The molecule has 1 aliphatic heterocycles. The molecule has 3 heteroatoms. The number of hydrogen-bond donors (Lipinski definition) is 1. The fourth-order valence-corrected chi connectivity index (χ4v) is 3.79. The van der Waals surface area contributed by atoms with Crippen LogP contribution in [0.2, 0.25) is 0 Å². The van der Waals surface area contributed by atoms with Crippen molar-refractivity contribution in [3.63, 3.8) is 0 Å². The molecule has 1 fully saturated rings. The van der Waals surface area contributed by atoms with E-state index < -0.39 is 0 Å². The van der Waals surface area contributed by atoms with Crippen molar-refractivity contribution in [2.24, 2.45) is 11.7 Å². The Morgan fingerprint density at radius 3 is 2.68 bits per heavy atom. The zero-order valence-electron chi connectivity index (χ0n) is 15.4. The van der Waals surface area contributed by atoms with Crippen LogP contribution in [-0.4, -0.2) is 26.2 Å². The Hall–Kier alpha value is -2.00. The highest BCUT2D eigenvalue weighted by molar-refractivity contribution is 5.74. The number of anilines is 1. The highest BCUT2D eigenvalue weighted by Crippen LogP contribution is 2.35. The molecule has 1 aliphatic rings. The Morgan fingerprint density at radius 2 is 1.96 bits per heavy atom. The van der Waals surface area contributed by atoms with Crippen LogP contribution >= 0.6 is 0 Å². The molecular weight excluding hydrogens is 308 g/mol. The van der Waals surface area contributed by atoms with Crippen LogP contribution in [0.1, 0.15) is 32.6 Å². The molecule has 3 nitrogen and oxygen atoms in total. The molecule has 0 bridgehead atoms. The number of rotatable bonds is 6. The SMILES string of the molecule is CCCC[C@@H]1CN(c2ccc(OC)c(-c3ccccc3)c2)CC[C@@H]1N. The van der Waals surface area contributed by atoms with E-state index in [2.05, 4.69) is 54.3 Å². The van der Waals surface area contributed by atoms with E-state index in [1.807, 2.05) is 6.07 Å². The summed E-state index contributed by atoms with van der Waals surface area (Å²) >= 11 is 0. The maximum Gasteiger partial charge on any atom is 0.126 e. The van der Waals surface area contributed by atoms with Crippen molar-refractivity contribution in [1.82, 2.24) is 0 Å². The van der Waals surface area contributed by atoms with E-state index in [4.69, 9.17) is 10.5 Å². The highest BCUT2D eigenvalue weighted by atomic mass is 16.5. The Morgan fingerprint density at radius 1 is 1.16 bits per heavy atom. The molecule has 1 heterocycles. The summed E-state index contributed by atoms with van der Waals surface area (Å²) in [6.45, 7) is 4.34. The third kappa shape index (κ3) is 4.16. The Balaban J connectivity index is 1.85. The van der Waals surface area contributed by atoms with Gasteiger partial charge in [0.2, 0.25) is 0 Å². The minimum atomic E-state index is 0.342. The number of piperidine rings is 1. The van der Waals surface area contributed by atoms with Crippen molar-refractivity contribution in [2.45, 2.75) is 38.6 Å². The van der Waals surface area contributed by atoms with Crippen molar-refractivity contribution in [2.75, 3.05) is 25.1 Å². The van der Waals surface area contributed by atoms with Crippen LogP contribution in [0.15, 0.2) is 48.5 Å². The fraction of sp³-hybridized carbons (Fsp3) is 0.455. The van der Waals surface area contributed by atoms with Crippen LogP contribution in [0.3, 0.4) is 0 Å². The molecular formula is C22H30N2O. The smallest absolute Gasteiger partial charge is 0.126 e. The quantitative estimate of drug-likeness (QED) is 0.829. The lowest BCUT2D eigenvalue weighted by Crippen LogP contribution is -2.47. The molecule has 0 saturated carbocycles. The standard InChI is InChI=1S/C22H30N2O/c1-3-4-8-18-16-24(14-13-21(18)23)19-11-12-22(25-2)20(15-19)17-9-6-5-7-10-17/h5-7,9-12,15,18,21H,3-4,8,13-14,16,23H2,1-2H3/t18-,21+/m1/s1. The predicted molar refractivity (Wildman–Crippen MR) is 106 cm³/mol. The van der Waals surface area contributed by atoms with Crippen molar-refractivity contribution in [3.05, 3.63) is 48.5 Å². The summed E-state index contributed by atoms with van der Waals surface area (Å²) in [6.07, 6.45) is 4.81. The predicted octanol–water partition coefficient (Wildman–Crippen LogP) is 4.71. The summed E-state index contributed by atoms with van der Waals surface area (Å²) in [4.78, 5) is 2.50. The van der Waals surface area contributed by atoms with Crippen LogP contribution in [0.5, 0.6) is 5.75 Å². The summed E-state index contributed by atoms with van der Waals surface area (Å²) in [5.41, 5.74) is 10.00. The van der Waals surface area contributed by atoms with Crippen LogP contribution in [0.4, 0.5) is 5.69 Å². The lowest BCUT2D eigenvalue weighted by Gasteiger charge is -2.38. The van der Waals surface area contributed by atoms with Gasteiger partial charge in [-0.05, 0) is 42.5 Å². The Labute approximate surface area is 151 Å². The molecule has 0 amide bonds. The Bertz CT molecular complexity index is 671. The van der Waals surface area contributed by atoms with E-state index in [0.29, 0.717) is 12.0 Å². The first-order valence-corrected chi connectivity index (χ1v) is 9.47. The number of ether oxygens (including phenoxy) is 1. The topological polar surface area (TPSA) is 38.5 Å². The zero-order chi connectivity index (χ0) is 17.6. The first-order valence-electron chi connectivity index (χ1n) is 9.47. The van der Waals surface area contributed by atoms with Gasteiger partial charge in [-0.2, -0.15) is 0 Å². The molecule has 0 aromatic heterocycles. The second-order valence-electron chi connectivity index (χ2n) is 7.05. The van der Waals surface area contributed by atoms with Crippen molar-refractivity contribution < 1.29 is 4.74 Å². The molecule has 2 N–H and O–H groups in total. The summed E-state index contributed by atoms with van der Waals surface area (Å²) in [7, 11) is 1.74. The molecule has 2 aromatic carbocycles. The monoisotopic (exact) mass is 338 g/mol. The molecule has 0 spiro atoms. The molecule has 3 rings (SSSR count). The third-order valence-corrected chi connectivity index (χ3v) is 5.35. The highest BCUT2D eigenvalue weighted by Gasteiger charge is 2.26. The largest absolute Gasteiger partial charge is 0.496 e. The maximum atomic E-state index is 6.38. The van der Waals surface area contributed by atoms with E-state index in [9.17, 15) is 0 Å². The second kappa shape index (κ2) is 8.39. The van der Waals surface area contributed by atoms with E-state index in [-0.39, 0.29) is 0 Å². The first-order chi connectivity index (χ1) is 12.2. The van der Waals surface area contributed by atoms with E-state index in [1.54, 1.807) is 7.11 Å². The summed E-state index contributed by atoms with van der Waals surface area (Å²) in [5, 5.41) is 0. The minimum absolute atomic E-state index is 0.342. The van der Waals surface area contributed by atoms with E-state index in [0.717, 1.165) is 30.8 Å². The fourth-order valence-electron chi connectivity index (χ4n) is 3.79. The van der Waals surface area contributed by atoms with Crippen LogP contribution in [-0.2, 0) is 0 Å². The van der Waals surface area contributed by atoms with Crippen molar-refractivity contribution in [3.8, 4) is 16.9 Å². The lowest BCUT2D eigenvalue weighted by atomic mass is 9.88. The van der Waals surface area contributed by atoms with Gasteiger partial charge in [-0.25, -0.2) is 0 Å². The van der Waals surface area contributed by atoms with Crippen LogP contribution in [0.25, 0.3) is 11.1 Å². The first kappa shape index (κ1) is 17.8. The van der Waals surface area contributed by atoms with Gasteiger partial charge in [-0.3, -0.25) is 0 Å². The maximum absolute atomic E-state index is 6.38. The summed E-state index contributed by atoms with van der Waals surface area (Å²) in [5.74, 6) is 1.52. The number of benzene rings is 2. The van der Waals surface area contributed by atoms with Crippen molar-refractivity contribution in [1.29, 1.82) is 0 Å². The van der Waals surface area contributed by atoms with Gasteiger partial charge in [-0.1, -0.05) is 50.1 Å². The Kier molecular flexibility index (Phi) is 5.98. The van der Waals surface area contributed by atoms with Gasteiger partial charge < -0.3 is 15.4 Å². The van der Waals surface area contributed by atoms with Gasteiger partial charge in [0.1, 0.15) is 5.75 Å². The molecule has 25 heavy (non-hydrogen) atoms. The molecule has 2 aromatic rings. The molecule has 0 unspecified atom stereocenters. The van der Waals surface area contributed by atoms with Gasteiger partial charge in [0.05, 0.1) is 7.11 Å². The number of nitrogens with zero attached hydrogens (tertiary/aromatic N) is 1. The van der Waals surface area contributed by atoms with Gasteiger partial charge in [0.25, 0.3) is 0 Å². The van der Waals surface area contributed by atoms with Gasteiger partial charge in [0.15, 0.2) is 0 Å². The van der Waals surface area contributed by atoms with E-state index in [1.165, 1.54) is 30.5 Å². The van der Waals surface area contributed by atoms with Crippen LogP contribution < -0.4 is 15.4 Å². The number of methoxy groups -OCH3 is 1. The van der Waals surface area contributed by atoms with E-state index >= 15 is 0 Å². The molecule has 134 valence electrons. The third-order valence-electron chi connectivity index (χ3n) is 5.35. The summed E-state index contributed by atoms with van der Waals surface area (Å²) in [6, 6.07) is 17.3. The molecule has 0 radical (unpaired) electrons.